The topological polar surface area (TPSA) is 74.4 Å². The first-order valence-corrected chi connectivity index (χ1v) is 6.05. The van der Waals surface area contributed by atoms with E-state index in [4.69, 9.17) is 10.5 Å². The van der Waals surface area contributed by atoms with Crippen LogP contribution in [0.1, 0.15) is 12.8 Å². The number of aromatic nitrogens is 1. The van der Waals surface area contributed by atoms with Crippen LogP contribution >= 0.6 is 0 Å². The van der Waals surface area contributed by atoms with Crippen LogP contribution < -0.4 is 10.5 Å². The normalized spacial score (nSPS) is 10.4. The predicted octanol–water partition coefficient (Wildman–Crippen LogP) is 2.15. The molecular weight excluding hydrogens is 244 g/mol. The van der Waals surface area contributed by atoms with Crippen LogP contribution in [-0.2, 0) is 9.53 Å². The number of esters is 1. The second-order valence-electron chi connectivity index (χ2n) is 4.08. The van der Waals surface area contributed by atoms with Crippen LogP contribution in [0.2, 0.25) is 0 Å². The number of nitrogens with two attached hydrogens (primary N) is 1. The van der Waals surface area contributed by atoms with Gasteiger partial charge in [0.2, 0.25) is 0 Å². The lowest BCUT2D eigenvalue weighted by Gasteiger charge is -2.09. The summed E-state index contributed by atoms with van der Waals surface area (Å²) >= 11 is 0. The number of ether oxygens (including phenoxy) is 2. The number of fused-ring (bicyclic) bond motifs is 1. The van der Waals surface area contributed by atoms with Crippen molar-refractivity contribution < 1.29 is 14.3 Å². The Kier molecular flexibility index (Phi) is 4.18. The Morgan fingerprint density at radius 1 is 1.37 bits per heavy atom. The van der Waals surface area contributed by atoms with E-state index >= 15 is 0 Å². The summed E-state index contributed by atoms with van der Waals surface area (Å²) < 4.78 is 10.2. The highest BCUT2D eigenvalue weighted by Gasteiger charge is 2.06. The van der Waals surface area contributed by atoms with Gasteiger partial charge in [0.05, 0.1) is 13.7 Å². The Morgan fingerprint density at radius 3 is 3.00 bits per heavy atom. The number of anilines is 1. The molecule has 0 radical (unpaired) electrons. The molecule has 0 atom stereocenters. The van der Waals surface area contributed by atoms with Gasteiger partial charge in [0, 0.05) is 23.7 Å². The van der Waals surface area contributed by atoms with E-state index in [0.717, 1.165) is 10.9 Å². The zero-order valence-electron chi connectivity index (χ0n) is 10.8. The Balaban J connectivity index is 2.05. The molecule has 0 saturated carbocycles. The molecule has 0 aliphatic rings. The lowest BCUT2D eigenvalue weighted by atomic mass is 10.1. The van der Waals surface area contributed by atoms with E-state index in [1.807, 2.05) is 12.1 Å². The Morgan fingerprint density at radius 2 is 2.21 bits per heavy atom. The fraction of sp³-hybridized carbons (Fsp3) is 0.286. The van der Waals surface area contributed by atoms with Gasteiger partial charge in [-0.3, -0.25) is 9.78 Å². The fourth-order valence-corrected chi connectivity index (χ4v) is 1.79. The van der Waals surface area contributed by atoms with Crippen molar-refractivity contribution in [1.29, 1.82) is 0 Å². The zero-order valence-corrected chi connectivity index (χ0v) is 10.8. The molecule has 5 heteroatoms. The molecule has 2 N–H and O–H groups in total. The number of carbonyl (C=O) groups excluding carboxylic acids is 1. The highest BCUT2D eigenvalue weighted by molar-refractivity contribution is 5.94. The van der Waals surface area contributed by atoms with Crippen molar-refractivity contribution in [3.05, 3.63) is 30.5 Å². The molecule has 0 aliphatic heterocycles. The molecule has 1 aromatic carbocycles. The minimum absolute atomic E-state index is 0.233. The molecule has 0 saturated heterocycles. The Hall–Kier alpha value is -2.30. The van der Waals surface area contributed by atoms with Gasteiger partial charge in [0.1, 0.15) is 11.3 Å². The molecule has 2 aromatic rings. The van der Waals surface area contributed by atoms with E-state index in [0.29, 0.717) is 30.9 Å². The molecule has 2 rings (SSSR count). The molecule has 100 valence electrons. The summed E-state index contributed by atoms with van der Waals surface area (Å²) in [6.45, 7) is 0.435. The minimum atomic E-state index is -0.233. The van der Waals surface area contributed by atoms with Gasteiger partial charge in [0.15, 0.2) is 0 Å². The maximum absolute atomic E-state index is 11.0. The minimum Gasteiger partial charge on any atom is -0.491 e. The molecule has 0 unspecified atom stereocenters. The van der Waals surface area contributed by atoms with E-state index in [2.05, 4.69) is 9.72 Å². The van der Waals surface area contributed by atoms with Crippen LogP contribution in [0.3, 0.4) is 0 Å². The standard InChI is InChI=1S/C14H16N2O3/c1-18-13(17)5-3-9-19-12-7-6-11(15)10-4-2-8-16-14(10)12/h2,4,6-8H,3,5,9,15H2,1H3. The molecule has 0 fully saturated rings. The van der Waals surface area contributed by atoms with Gasteiger partial charge in [-0.25, -0.2) is 0 Å². The quantitative estimate of drug-likeness (QED) is 0.506. The van der Waals surface area contributed by atoms with Crippen LogP contribution in [0.5, 0.6) is 5.75 Å². The number of rotatable bonds is 5. The van der Waals surface area contributed by atoms with Gasteiger partial charge in [-0.2, -0.15) is 0 Å². The fourth-order valence-electron chi connectivity index (χ4n) is 1.79. The van der Waals surface area contributed by atoms with Gasteiger partial charge >= 0.3 is 5.97 Å². The molecule has 19 heavy (non-hydrogen) atoms. The van der Waals surface area contributed by atoms with Crippen molar-refractivity contribution in [3.8, 4) is 5.75 Å². The monoisotopic (exact) mass is 260 g/mol. The molecule has 1 aromatic heterocycles. The number of nitrogen functional groups attached to an aromatic ring is 1. The van der Waals surface area contributed by atoms with Crippen LogP contribution in [0.25, 0.3) is 10.9 Å². The third kappa shape index (κ3) is 3.13. The van der Waals surface area contributed by atoms with E-state index in [-0.39, 0.29) is 5.97 Å². The molecule has 1 heterocycles. The summed E-state index contributed by atoms with van der Waals surface area (Å²) in [5, 5.41) is 0.868. The van der Waals surface area contributed by atoms with Crippen LogP contribution in [0, 0.1) is 0 Å². The number of nitrogens with zero attached hydrogens (tertiary/aromatic N) is 1. The molecular formula is C14H16N2O3. The SMILES string of the molecule is COC(=O)CCCOc1ccc(N)c2cccnc12. The zero-order chi connectivity index (χ0) is 13.7. The van der Waals surface area contributed by atoms with Crippen molar-refractivity contribution in [2.45, 2.75) is 12.8 Å². The first-order valence-electron chi connectivity index (χ1n) is 6.05. The highest BCUT2D eigenvalue weighted by atomic mass is 16.5. The van der Waals surface area contributed by atoms with Crippen LogP contribution in [0.15, 0.2) is 30.5 Å². The third-order valence-corrected chi connectivity index (χ3v) is 2.78. The van der Waals surface area contributed by atoms with Crippen molar-refractivity contribution in [3.63, 3.8) is 0 Å². The second kappa shape index (κ2) is 6.04. The van der Waals surface area contributed by atoms with Crippen LogP contribution in [0.4, 0.5) is 5.69 Å². The predicted molar refractivity (Wildman–Crippen MR) is 72.9 cm³/mol. The summed E-state index contributed by atoms with van der Waals surface area (Å²) in [7, 11) is 1.38. The maximum atomic E-state index is 11.0. The van der Waals surface area contributed by atoms with Crippen LogP contribution in [-0.4, -0.2) is 24.7 Å². The number of benzene rings is 1. The van der Waals surface area contributed by atoms with Gasteiger partial charge in [0.25, 0.3) is 0 Å². The Bertz CT molecular complexity index is 584. The van der Waals surface area contributed by atoms with E-state index in [9.17, 15) is 4.79 Å². The maximum Gasteiger partial charge on any atom is 0.305 e. The first kappa shape index (κ1) is 13.1. The van der Waals surface area contributed by atoms with Crippen molar-refractivity contribution in [2.75, 3.05) is 19.5 Å². The molecule has 0 aliphatic carbocycles. The summed E-state index contributed by atoms with van der Waals surface area (Å²) in [6.07, 6.45) is 2.64. The van der Waals surface area contributed by atoms with E-state index in [1.165, 1.54) is 7.11 Å². The van der Waals surface area contributed by atoms with Gasteiger partial charge < -0.3 is 15.2 Å². The third-order valence-electron chi connectivity index (χ3n) is 2.78. The van der Waals surface area contributed by atoms with Gasteiger partial charge in [-0.15, -0.1) is 0 Å². The molecule has 0 amide bonds. The lowest BCUT2D eigenvalue weighted by Crippen LogP contribution is -2.05. The number of carbonyl (C=O) groups is 1. The number of methoxy groups -OCH3 is 1. The average Bonchev–Trinajstić information content (AvgIpc) is 2.45. The summed E-state index contributed by atoms with van der Waals surface area (Å²) in [5.41, 5.74) is 7.29. The van der Waals surface area contributed by atoms with Gasteiger partial charge in [-0.05, 0) is 30.7 Å². The number of hydrogen-bond acceptors (Lipinski definition) is 5. The molecule has 0 bridgehead atoms. The van der Waals surface area contributed by atoms with E-state index in [1.54, 1.807) is 18.3 Å². The summed E-state index contributed by atoms with van der Waals surface area (Å²) in [6, 6.07) is 7.32. The van der Waals surface area contributed by atoms with Crippen molar-refractivity contribution in [1.82, 2.24) is 4.98 Å². The van der Waals surface area contributed by atoms with Gasteiger partial charge in [-0.1, -0.05) is 0 Å². The van der Waals surface area contributed by atoms with Crippen molar-refractivity contribution >= 4 is 22.6 Å². The first-order chi connectivity index (χ1) is 9.22. The molecule has 0 spiro atoms. The van der Waals surface area contributed by atoms with Crippen molar-refractivity contribution in [2.24, 2.45) is 0 Å². The largest absolute Gasteiger partial charge is 0.491 e. The average molecular weight is 260 g/mol. The molecule has 5 nitrogen and oxygen atoms in total. The highest BCUT2D eigenvalue weighted by Crippen LogP contribution is 2.28. The number of hydrogen-bond donors (Lipinski definition) is 1. The number of pyridine rings is 1. The summed E-state index contributed by atoms with van der Waals surface area (Å²) in [4.78, 5) is 15.2. The lowest BCUT2D eigenvalue weighted by molar-refractivity contribution is -0.140. The second-order valence-corrected chi connectivity index (χ2v) is 4.08. The van der Waals surface area contributed by atoms with E-state index < -0.39 is 0 Å². The Labute approximate surface area is 111 Å². The summed E-state index contributed by atoms with van der Waals surface area (Å²) in [5.74, 6) is 0.443. The smallest absolute Gasteiger partial charge is 0.305 e.